The standard InChI is InChI=1S/C15H14N6O3S/c1-21-11(9-22)8-18-14(21)13-6-7-17-15(20-13)19-10-2-4-12(5-3-10)25(16,23)24/h2-9H,1H3,(H2,16,23,24)(H,17,19,20). The Morgan fingerprint density at radius 3 is 2.48 bits per heavy atom. The molecule has 0 atom stereocenters. The van der Waals surface area contributed by atoms with Crippen molar-refractivity contribution in [2.75, 3.05) is 5.32 Å². The Labute approximate surface area is 143 Å². The van der Waals surface area contributed by atoms with Crippen molar-refractivity contribution in [1.29, 1.82) is 0 Å². The molecule has 9 nitrogen and oxygen atoms in total. The van der Waals surface area contributed by atoms with Crippen LogP contribution in [0.5, 0.6) is 0 Å². The van der Waals surface area contributed by atoms with Gasteiger partial charge in [-0.1, -0.05) is 0 Å². The minimum atomic E-state index is -3.74. The van der Waals surface area contributed by atoms with Gasteiger partial charge < -0.3 is 9.88 Å². The summed E-state index contributed by atoms with van der Waals surface area (Å²) in [4.78, 5) is 23.6. The number of aldehydes is 1. The number of hydrogen-bond acceptors (Lipinski definition) is 7. The van der Waals surface area contributed by atoms with Gasteiger partial charge in [-0.2, -0.15) is 0 Å². The summed E-state index contributed by atoms with van der Waals surface area (Å²) in [6.45, 7) is 0. The Kier molecular flexibility index (Phi) is 4.30. The number of nitrogens with two attached hydrogens (primary N) is 1. The lowest BCUT2D eigenvalue weighted by atomic mass is 10.3. The van der Waals surface area contributed by atoms with Gasteiger partial charge in [0.1, 0.15) is 11.4 Å². The molecule has 1 aromatic carbocycles. The molecule has 0 aliphatic carbocycles. The SMILES string of the molecule is Cn1c(C=O)cnc1-c1ccnc(Nc2ccc(S(N)(=O)=O)cc2)n1. The van der Waals surface area contributed by atoms with E-state index in [4.69, 9.17) is 5.14 Å². The minimum Gasteiger partial charge on any atom is -0.324 e. The number of rotatable bonds is 5. The Hall–Kier alpha value is -3.11. The van der Waals surface area contributed by atoms with E-state index in [-0.39, 0.29) is 4.90 Å². The Morgan fingerprint density at radius 1 is 1.16 bits per heavy atom. The summed E-state index contributed by atoms with van der Waals surface area (Å²) in [5, 5.41) is 8.03. The lowest BCUT2D eigenvalue weighted by Crippen LogP contribution is -2.11. The van der Waals surface area contributed by atoms with Crippen LogP contribution in [0.15, 0.2) is 47.6 Å². The quantitative estimate of drug-likeness (QED) is 0.652. The molecule has 0 aliphatic rings. The van der Waals surface area contributed by atoms with E-state index >= 15 is 0 Å². The summed E-state index contributed by atoms with van der Waals surface area (Å²) in [5.41, 5.74) is 1.56. The molecule has 10 heteroatoms. The number of carbonyl (C=O) groups excluding carboxylic acids is 1. The second kappa shape index (κ2) is 6.42. The lowest BCUT2D eigenvalue weighted by Gasteiger charge is -2.07. The first-order valence-electron chi connectivity index (χ1n) is 7.08. The summed E-state index contributed by atoms with van der Waals surface area (Å²) in [6.07, 6.45) is 3.73. The van der Waals surface area contributed by atoms with Crippen LogP contribution in [-0.2, 0) is 17.1 Å². The molecule has 0 bridgehead atoms. The third-order valence-corrected chi connectivity index (χ3v) is 4.40. The van der Waals surface area contributed by atoms with Crippen molar-refractivity contribution < 1.29 is 13.2 Å². The molecule has 0 fully saturated rings. The number of aromatic nitrogens is 4. The highest BCUT2D eigenvalue weighted by Crippen LogP contribution is 2.19. The van der Waals surface area contributed by atoms with Crippen molar-refractivity contribution in [2.24, 2.45) is 12.2 Å². The Balaban J connectivity index is 1.87. The fourth-order valence-electron chi connectivity index (χ4n) is 2.17. The molecule has 0 aliphatic heterocycles. The van der Waals surface area contributed by atoms with Crippen molar-refractivity contribution in [3.05, 3.63) is 48.4 Å². The van der Waals surface area contributed by atoms with Crippen molar-refractivity contribution >= 4 is 27.9 Å². The number of carbonyl (C=O) groups is 1. The molecule has 0 amide bonds. The number of primary sulfonamides is 1. The molecule has 0 spiro atoms. The fourth-order valence-corrected chi connectivity index (χ4v) is 2.69. The maximum atomic E-state index is 11.3. The highest BCUT2D eigenvalue weighted by atomic mass is 32.2. The normalized spacial score (nSPS) is 11.3. The van der Waals surface area contributed by atoms with E-state index in [0.717, 1.165) is 0 Å². The Bertz CT molecular complexity index is 1030. The molecule has 3 aromatic rings. The van der Waals surface area contributed by atoms with E-state index in [1.807, 2.05) is 0 Å². The number of hydrogen-bond donors (Lipinski definition) is 2. The van der Waals surface area contributed by atoms with Crippen LogP contribution in [0.2, 0.25) is 0 Å². The van der Waals surface area contributed by atoms with Crippen LogP contribution >= 0.6 is 0 Å². The largest absolute Gasteiger partial charge is 0.324 e. The van der Waals surface area contributed by atoms with Gasteiger partial charge in [-0.05, 0) is 30.3 Å². The molecule has 0 saturated heterocycles. The number of imidazole rings is 1. The molecule has 2 aromatic heterocycles. The summed E-state index contributed by atoms with van der Waals surface area (Å²) >= 11 is 0. The third-order valence-electron chi connectivity index (χ3n) is 3.47. The van der Waals surface area contributed by atoms with E-state index in [2.05, 4.69) is 20.3 Å². The average molecular weight is 358 g/mol. The molecule has 3 rings (SSSR count). The first kappa shape index (κ1) is 16.7. The predicted octanol–water partition coefficient (Wildman–Crippen LogP) is 1.08. The van der Waals surface area contributed by atoms with Crippen molar-refractivity contribution in [1.82, 2.24) is 19.5 Å². The fraction of sp³-hybridized carbons (Fsp3) is 0.0667. The van der Waals surface area contributed by atoms with Crippen LogP contribution < -0.4 is 10.5 Å². The van der Waals surface area contributed by atoms with Crippen molar-refractivity contribution in [2.45, 2.75) is 4.90 Å². The zero-order valence-electron chi connectivity index (χ0n) is 13.1. The van der Waals surface area contributed by atoms with Crippen molar-refractivity contribution in [3.63, 3.8) is 0 Å². The maximum absolute atomic E-state index is 11.3. The molecular weight excluding hydrogens is 344 g/mol. The highest BCUT2D eigenvalue weighted by Gasteiger charge is 2.11. The van der Waals surface area contributed by atoms with Gasteiger partial charge in [0.05, 0.1) is 11.1 Å². The van der Waals surface area contributed by atoms with Gasteiger partial charge in [-0.15, -0.1) is 0 Å². The average Bonchev–Trinajstić information content (AvgIpc) is 2.95. The topological polar surface area (TPSA) is 133 Å². The lowest BCUT2D eigenvalue weighted by molar-refractivity contribution is 0.111. The Morgan fingerprint density at radius 2 is 1.88 bits per heavy atom. The summed E-state index contributed by atoms with van der Waals surface area (Å²) in [7, 11) is -2.02. The first-order chi connectivity index (χ1) is 11.9. The first-order valence-corrected chi connectivity index (χ1v) is 8.63. The molecule has 0 saturated carbocycles. The monoisotopic (exact) mass is 358 g/mol. The van der Waals surface area contributed by atoms with Gasteiger partial charge in [-0.3, -0.25) is 4.79 Å². The number of sulfonamides is 1. The minimum absolute atomic E-state index is 0.0159. The number of benzene rings is 1. The molecule has 0 radical (unpaired) electrons. The number of nitrogens with one attached hydrogen (secondary N) is 1. The van der Waals surface area contributed by atoms with Gasteiger partial charge in [0.15, 0.2) is 12.1 Å². The van der Waals surface area contributed by atoms with Gasteiger partial charge in [0.2, 0.25) is 16.0 Å². The predicted molar refractivity (Wildman–Crippen MR) is 90.7 cm³/mol. The zero-order valence-corrected chi connectivity index (χ0v) is 13.9. The van der Waals surface area contributed by atoms with Gasteiger partial charge in [0.25, 0.3) is 0 Å². The van der Waals surface area contributed by atoms with Crippen LogP contribution in [0, 0.1) is 0 Å². The van der Waals surface area contributed by atoms with E-state index < -0.39 is 10.0 Å². The van der Waals surface area contributed by atoms with E-state index in [1.54, 1.807) is 36.0 Å². The van der Waals surface area contributed by atoms with Crippen LogP contribution in [0.4, 0.5) is 11.6 Å². The van der Waals surface area contributed by atoms with Crippen LogP contribution in [0.1, 0.15) is 10.5 Å². The molecule has 2 heterocycles. The maximum Gasteiger partial charge on any atom is 0.238 e. The number of nitrogens with zero attached hydrogens (tertiary/aromatic N) is 4. The smallest absolute Gasteiger partial charge is 0.238 e. The van der Waals surface area contributed by atoms with Gasteiger partial charge in [0, 0.05) is 18.9 Å². The summed E-state index contributed by atoms with van der Waals surface area (Å²) < 4.78 is 24.1. The van der Waals surface area contributed by atoms with E-state index in [0.29, 0.717) is 35.1 Å². The molecule has 0 unspecified atom stereocenters. The van der Waals surface area contributed by atoms with Crippen LogP contribution in [0.3, 0.4) is 0 Å². The number of anilines is 2. The van der Waals surface area contributed by atoms with Crippen molar-refractivity contribution in [3.8, 4) is 11.5 Å². The van der Waals surface area contributed by atoms with E-state index in [9.17, 15) is 13.2 Å². The highest BCUT2D eigenvalue weighted by molar-refractivity contribution is 7.89. The molecule has 25 heavy (non-hydrogen) atoms. The molecule has 128 valence electrons. The third kappa shape index (κ3) is 3.54. The second-order valence-corrected chi connectivity index (χ2v) is 6.70. The van der Waals surface area contributed by atoms with E-state index in [1.165, 1.54) is 18.3 Å². The summed E-state index contributed by atoms with van der Waals surface area (Å²) in [6, 6.07) is 7.56. The van der Waals surface area contributed by atoms with Gasteiger partial charge in [-0.25, -0.2) is 28.5 Å². The zero-order chi connectivity index (χ0) is 18.0. The van der Waals surface area contributed by atoms with Crippen LogP contribution in [-0.4, -0.2) is 34.2 Å². The second-order valence-electron chi connectivity index (χ2n) is 5.14. The van der Waals surface area contributed by atoms with Gasteiger partial charge >= 0.3 is 0 Å². The summed E-state index contributed by atoms with van der Waals surface area (Å²) in [5.74, 6) is 0.827. The molecular formula is C15H14N6O3S. The molecule has 3 N–H and O–H groups in total. The van der Waals surface area contributed by atoms with Crippen LogP contribution in [0.25, 0.3) is 11.5 Å².